The van der Waals surface area contributed by atoms with Gasteiger partial charge in [-0.1, -0.05) is 29.1 Å². The van der Waals surface area contributed by atoms with Gasteiger partial charge in [-0.2, -0.15) is 0 Å². The zero-order valence-electron chi connectivity index (χ0n) is 12.9. The highest BCUT2D eigenvalue weighted by atomic mass is 32.2. The smallest absolute Gasteiger partial charge is 0.238 e. The lowest BCUT2D eigenvalue weighted by Gasteiger charge is -2.07. The predicted octanol–water partition coefficient (Wildman–Crippen LogP) is 3.03. The summed E-state index contributed by atoms with van der Waals surface area (Å²) in [4.78, 5) is 16.3. The second-order valence-corrected chi connectivity index (χ2v) is 6.33. The number of aryl methyl sites for hydroxylation is 1. The monoisotopic (exact) mass is 347 g/mol. The fourth-order valence-corrected chi connectivity index (χ4v) is 2.66. The number of anilines is 1. The Bertz CT molecular complexity index is 863. The van der Waals surface area contributed by atoms with E-state index in [2.05, 4.69) is 25.7 Å². The van der Waals surface area contributed by atoms with Crippen LogP contribution >= 0.6 is 11.8 Å². The van der Waals surface area contributed by atoms with Gasteiger partial charge in [0.05, 0.1) is 10.8 Å². The number of amides is 1. The molecule has 0 fully saturated rings. The largest absolute Gasteiger partial charge is 0.360 e. The van der Waals surface area contributed by atoms with E-state index >= 15 is 0 Å². The number of rotatable bonds is 5. The lowest BCUT2D eigenvalue weighted by Crippen LogP contribution is -2.22. The van der Waals surface area contributed by atoms with E-state index in [4.69, 9.17) is 4.52 Å². The molecule has 0 spiro atoms. The Morgan fingerprint density at radius 1 is 1.42 bits per heavy atom. The number of thioether (sulfide) groups is 1. The minimum atomic E-state index is -0.466. The van der Waals surface area contributed by atoms with E-state index in [1.165, 1.54) is 6.07 Å². The molecule has 2 heterocycles. The molecule has 124 valence electrons. The fourth-order valence-electron chi connectivity index (χ4n) is 1.94. The van der Waals surface area contributed by atoms with Crippen molar-refractivity contribution in [3.05, 3.63) is 41.9 Å². The van der Waals surface area contributed by atoms with Crippen molar-refractivity contribution in [2.75, 3.05) is 5.32 Å². The number of carbonyl (C=O) groups is 1. The van der Waals surface area contributed by atoms with E-state index in [9.17, 15) is 9.18 Å². The maximum atomic E-state index is 13.7. The summed E-state index contributed by atoms with van der Waals surface area (Å²) in [5, 5.41) is 12.9. The van der Waals surface area contributed by atoms with Gasteiger partial charge in [0.15, 0.2) is 11.6 Å². The first kappa shape index (κ1) is 16.2. The molecule has 2 N–H and O–H groups in total. The fraction of sp³-hybridized carbons (Fsp3) is 0.200. The molecule has 7 nitrogen and oxygen atoms in total. The molecule has 0 bridgehead atoms. The van der Waals surface area contributed by atoms with Crippen LogP contribution in [0.25, 0.3) is 11.4 Å². The lowest BCUT2D eigenvalue weighted by atomic mass is 10.2. The molecule has 3 aromatic rings. The highest BCUT2D eigenvalue weighted by Crippen LogP contribution is 2.24. The average molecular weight is 347 g/mol. The van der Waals surface area contributed by atoms with Crippen LogP contribution in [0.4, 0.5) is 10.2 Å². The molecule has 2 aromatic heterocycles. The van der Waals surface area contributed by atoms with Gasteiger partial charge in [0, 0.05) is 6.07 Å². The Labute approximate surface area is 141 Å². The number of aromatic amines is 1. The first-order valence-electron chi connectivity index (χ1n) is 7.11. The number of hydrogen-bond donors (Lipinski definition) is 2. The van der Waals surface area contributed by atoms with Gasteiger partial charge in [0.2, 0.25) is 11.1 Å². The summed E-state index contributed by atoms with van der Waals surface area (Å²) in [6.07, 6.45) is 0. The molecular weight excluding hydrogens is 333 g/mol. The quantitative estimate of drug-likeness (QED) is 0.689. The molecule has 1 aromatic carbocycles. The van der Waals surface area contributed by atoms with Crippen molar-refractivity contribution < 1.29 is 13.7 Å². The summed E-state index contributed by atoms with van der Waals surface area (Å²) >= 11 is 1.15. The lowest BCUT2D eigenvalue weighted by molar-refractivity contribution is -0.115. The van der Waals surface area contributed by atoms with Crippen LogP contribution in [-0.4, -0.2) is 31.5 Å². The van der Waals surface area contributed by atoms with Gasteiger partial charge in [0.1, 0.15) is 11.6 Å². The summed E-state index contributed by atoms with van der Waals surface area (Å²) in [6, 6.07) is 7.89. The van der Waals surface area contributed by atoms with Crippen molar-refractivity contribution in [3.63, 3.8) is 0 Å². The topological polar surface area (TPSA) is 96.7 Å². The van der Waals surface area contributed by atoms with E-state index in [0.29, 0.717) is 28.1 Å². The second-order valence-electron chi connectivity index (χ2n) is 5.02. The summed E-state index contributed by atoms with van der Waals surface area (Å²) in [7, 11) is 0. The van der Waals surface area contributed by atoms with Crippen LogP contribution in [0.1, 0.15) is 12.7 Å². The SMILES string of the molecule is Cc1cc(NC(=O)C(C)Sc2n[nH]c(-c3ccccc3F)n2)no1. The Hall–Kier alpha value is -2.68. The Kier molecular flexibility index (Phi) is 4.61. The third-order valence-corrected chi connectivity index (χ3v) is 4.09. The minimum absolute atomic E-state index is 0.259. The number of H-pyrrole nitrogens is 1. The normalized spacial score (nSPS) is 12.1. The predicted molar refractivity (Wildman–Crippen MR) is 87.0 cm³/mol. The number of benzene rings is 1. The van der Waals surface area contributed by atoms with Gasteiger partial charge in [-0.15, -0.1) is 5.10 Å². The molecule has 1 amide bonds. The van der Waals surface area contributed by atoms with Crippen molar-refractivity contribution in [1.82, 2.24) is 20.3 Å². The summed E-state index contributed by atoms with van der Waals surface area (Å²) in [6.45, 7) is 3.45. The molecule has 3 rings (SSSR count). The second kappa shape index (κ2) is 6.83. The van der Waals surface area contributed by atoms with E-state index in [0.717, 1.165) is 11.8 Å². The van der Waals surface area contributed by atoms with Crippen molar-refractivity contribution in [2.24, 2.45) is 0 Å². The summed E-state index contributed by atoms with van der Waals surface area (Å²) in [5.41, 5.74) is 0.326. The van der Waals surface area contributed by atoms with E-state index in [1.54, 1.807) is 38.1 Å². The third kappa shape index (κ3) is 3.62. The molecule has 0 aliphatic rings. The standard InChI is InChI=1S/C15H14FN5O2S/c1-8-7-12(21-23-8)17-14(22)9(2)24-15-18-13(19-20-15)10-5-3-4-6-11(10)16/h3-7,9H,1-2H3,(H,17,21,22)(H,18,19,20). The number of nitrogens with zero attached hydrogens (tertiary/aromatic N) is 3. The maximum absolute atomic E-state index is 13.7. The Morgan fingerprint density at radius 2 is 2.21 bits per heavy atom. The number of carbonyl (C=O) groups excluding carboxylic acids is 1. The number of nitrogens with one attached hydrogen (secondary N) is 2. The molecule has 1 unspecified atom stereocenters. The van der Waals surface area contributed by atoms with Gasteiger partial charge in [0.25, 0.3) is 0 Å². The van der Waals surface area contributed by atoms with Gasteiger partial charge < -0.3 is 9.84 Å². The summed E-state index contributed by atoms with van der Waals surface area (Å²) in [5.74, 6) is 0.624. The first-order chi connectivity index (χ1) is 11.5. The first-order valence-corrected chi connectivity index (χ1v) is 7.99. The van der Waals surface area contributed by atoms with Crippen molar-refractivity contribution in [3.8, 4) is 11.4 Å². The zero-order valence-corrected chi connectivity index (χ0v) is 13.7. The van der Waals surface area contributed by atoms with Crippen molar-refractivity contribution in [1.29, 1.82) is 0 Å². The molecule has 0 saturated heterocycles. The molecule has 9 heteroatoms. The van der Waals surface area contributed by atoms with Crippen LogP contribution in [0.15, 0.2) is 40.0 Å². The van der Waals surface area contributed by atoms with Gasteiger partial charge in [-0.05, 0) is 26.0 Å². The highest BCUT2D eigenvalue weighted by molar-refractivity contribution is 8.00. The van der Waals surface area contributed by atoms with E-state index < -0.39 is 11.1 Å². The van der Waals surface area contributed by atoms with Crippen LogP contribution in [0.3, 0.4) is 0 Å². The average Bonchev–Trinajstić information content (AvgIpc) is 3.17. The van der Waals surface area contributed by atoms with Gasteiger partial charge in [-0.3, -0.25) is 9.89 Å². The van der Waals surface area contributed by atoms with Crippen LogP contribution in [0.2, 0.25) is 0 Å². The van der Waals surface area contributed by atoms with Gasteiger partial charge in [-0.25, -0.2) is 9.37 Å². The van der Waals surface area contributed by atoms with Crippen LogP contribution in [0.5, 0.6) is 0 Å². The third-order valence-electron chi connectivity index (χ3n) is 3.12. The minimum Gasteiger partial charge on any atom is -0.360 e. The number of hydrogen-bond acceptors (Lipinski definition) is 6. The van der Waals surface area contributed by atoms with Crippen LogP contribution < -0.4 is 5.32 Å². The number of halogens is 1. The van der Waals surface area contributed by atoms with E-state index in [1.807, 2.05) is 0 Å². The van der Waals surface area contributed by atoms with E-state index in [-0.39, 0.29) is 5.91 Å². The maximum Gasteiger partial charge on any atom is 0.238 e. The number of aromatic nitrogens is 4. The molecule has 0 aliphatic heterocycles. The zero-order chi connectivity index (χ0) is 17.1. The van der Waals surface area contributed by atoms with Crippen molar-refractivity contribution >= 4 is 23.5 Å². The molecular formula is C15H14FN5O2S. The van der Waals surface area contributed by atoms with Crippen LogP contribution in [-0.2, 0) is 4.79 Å². The molecule has 0 aliphatic carbocycles. The summed E-state index contributed by atoms with van der Waals surface area (Å²) < 4.78 is 18.6. The Morgan fingerprint density at radius 3 is 2.92 bits per heavy atom. The van der Waals surface area contributed by atoms with Crippen molar-refractivity contribution in [2.45, 2.75) is 24.3 Å². The Balaban J connectivity index is 1.66. The molecule has 0 radical (unpaired) electrons. The molecule has 24 heavy (non-hydrogen) atoms. The highest BCUT2D eigenvalue weighted by Gasteiger charge is 2.19. The molecule has 0 saturated carbocycles. The molecule has 1 atom stereocenters. The van der Waals surface area contributed by atoms with Gasteiger partial charge >= 0.3 is 0 Å². The van der Waals surface area contributed by atoms with Crippen LogP contribution in [0, 0.1) is 12.7 Å².